The van der Waals surface area contributed by atoms with Gasteiger partial charge in [0.2, 0.25) is 0 Å². The summed E-state index contributed by atoms with van der Waals surface area (Å²) in [6.45, 7) is 1.98. The van der Waals surface area contributed by atoms with E-state index in [0.29, 0.717) is 17.4 Å². The molecule has 0 saturated heterocycles. The molecule has 3 nitrogen and oxygen atoms in total. The van der Waals surface area contributed by atoms with Crippen LogP contribution in [0.2, 0.25) is 5.15 Å². The van der Waals surface area contributed by atoms with E-state index >= 15 is 0 Å². The fourth-order valence-electron chi connectivity index (χ4n) is 0.893. The number of hydrogen-bond acceptors (Lipinski definition) is 3. The van der Waals surface area contributed by atoms with Crippen LogP contribution in [-0.4, -0.2) is 16.0 Å². The summed E-state index contributed by atoms with van der Waals surface area (Å²) in [5.74, 6) is 3.26. The van der Waals surface area contributed by atoms with Gasteiger partial charge in [0.25, 0.3) is 0 Å². The predicted octanol–water partition coefficient (Wildman–Crippen LogP) is 1.95. The van der Waals surface area contributed by atoms with Gasteiger partial charge >= 0.3 is 0 Å². The Kier molecular flexibility index (Phi) is 3.53. The van der Waals surface area contributed by atoms with E-state index in [1.54, 1.807) is 6.07 Å². The molecule has 4 heteroatoms. The van der Waals surface area contributed by atoms with Crippen LogP contribution in [0.1, 0.15) is 13.3 Å². The number of terminal acetylenes is 1. The molecule has 0 bridgehead atoms. The van der Waals surface area contributed by atoms with Crippen molar-refractivity contribution in [3.63, 3.8) is 0 Å². The highest BCUT2D eigenvalue weighted by Gasteiger charge is 2.01. The van der Waals surface area contributed by atoms with Gasteiger partial charge < -0.3 is 5.32 Å². The molecule has 0 radical (unpaired) electrons. The highest BCUT2D eigenvalue weighted by Crippen LogP contribution is 2.10. The number of nitrogens with one attached hydrogen (secondary N) is 1. The maximum atomic E-state index is 5.67. The molecular weight excluding hydrogens is 186 g/mol. The summed E-state index contributed by atoms with van der Waals surface area (Å²) in [4.78, 5) is 7.75. The largest absolute Gasteiger partial charge is 0.367 e. The zero-order chi connectivity index (χ0) is 9.68. The Hall–Kier alpha value is -1.27. The molecule has 0 amide bonds. The van der Waals surface area contributed by atoms with Crippen molar-refractivity contribution in [1.82, 2.24) is 9.97 Å². The summed E-state index contributed by atoms with van der Waals surface area (Å²) in [7, 11) is 0. The average molecular weight is 196 g/mol. The van der Waals surface area contributed by atoms with Crippen LogP contribution < -0.4 is 5.32 Å². The molecule has 0 aliphatic carbocycles. The van der Waals surface area contributed by atoms with Gasteiger partial charge in [-0.05, 0) is 6.92 Å². The van der Waals surface area contributed by atoms with Crippen molar-refractivity contribution in [3.05, 3.63) is 17.5 Å². The molecule has 68 valence electrons. The second kappa shape index (κ2) is 4.68. The van der Waals surface area contributed by atoms with Crippen LogP contribution in [0.15, 0.2) is 12.4 Å². The summed E-state index contributed by atoms with van der Waals surface area (Å²) in [5, 5.41) is 3.53. The van der Waals surface area contributed by atoms with E-state index in [9.17, 15) is 0 Å². The first-order chi connectivity index (χ1) is 6.22. The minimum atomic E-state index is 0.191. The van der Waals surface area contributed by atoms with Crippen LogP contribution in [-0.2, 0) is 0 Å². The van der Waals surface area contributed by atoms with Crippen molar-refractivity contribution >= 4 is 17.4 Å². The fourth-order valence-corrected chi connectivity index (χ4v) is 1.04. The van der Waals surface area contributed by atoms with E-state index in [1.165, 1.54) is 6.33 Å². The lowest BCUT2D eigenvalue weighted by atomic mass is 10.2. The molecule has 0 aliphatic heterocycles. The van der Waals surface area contributed by atoms with Gasteiger partial charge in [-0.3, -0.25) is 0 Å². The second-order valence-electron chi connectivity index (χ2n) is 2.68. The molecule has 0 saturated carbocycles. The van der Waals surface area contributed by atoms with Crippen molar-refractivity contribution in [1.29, 1.82) is 0 Å². The lowest BCUT2D eigenvalue weighted by molar-refractivity contribution is 0.820. The van der Waals surface area contributed by atoms with E-state index in [4.69, 9.17) is 18.0 Å². The van der Waals surface area contributed by atoms with Crippen LogP contribution in [0.5, 0.6) is 0 Å². The fraction of sp³-hybridized carbons (Fsp3) is 0.333. The second-order valence-corrected chi connectivity index (χ2v) is 3.07. The van der Waals surface area contributed by atoms with Crippen LogP contribution in [0.25, 0.3) is 0 Å². The Labute approximate surface area is 82.5 Å². The Morgan fingerprint density at radius 2 is 2.46 bits per heavy atom. The highest BCUT2D eigenvalue weighted by molar-refractivity contribution is 6.29. The van der Waals surface area contributed by atoms with Gasteiger partial charge in [-0.15, -0.1) is 12.3 Å². The molecule has 1 heterocycles. The Balaban J connectivity index is 2.59. The summed E-state index contributed by atoms with van der Waals surface area (Å²) in [6.07, 6.45) is 7.23. The summed E-state index contributed by atoms with van der Waals surface area (Å²) in [5.41, 5.74) is 0. The molecule has 13 heavy (non-hydrogen) atoms. The first kappa shape index (κ1) is 9.82. The number of halogens is 1. The number of hydrogen-bond donors (Lipinski definition) is 1. The molecule has 1 rings (SSSR count). The standard InChI is InChI=1S/C9H10ClN3/c1-3-4-7(2)13-9-5-8(10)11-6-12-9/h1,5-7H,4H2,2H3,(H,11,12,13). The van der Waals surface area contributed by atoms with Gasteiger partial charge in [0, 0.05) is 18.5 Å². The summed E-state index contributed by atoms with van der Waals surface area (Å²) < 4.78 is 0. The van der Waals surface area contributed by atoms with Crippen LogP contribution in [0.4, 0.5) is 5.82 Å². The Bertz CT molecular complexity index is 319. The van der Waals surface area contributed by atoms with Gasteiger partial charge in [0.15, 0.2) is 0 Å². The van der Waals surface area contributed by atoms with E-state index in [0.717, 1.165) is 0 Å². The molecule has 0 spiro atoms. The highest BCUT2D eigenvalue weighted by atomic mass is 35.5. The topological polar surface area (TPSA) is 37.8 Å². The lowest BCUT2D eigenvalue weighted by Crippen LogP contribution is -2.14. The first-order valence-corrected chi connectivity index (χ1v) is 4.27. The molecule has 1 atom stereocenters. The predicted molar refractivity (Wildman–Crippen MR) is 53.6 cm³/mol. The smallest absolute Gasteiger partial charge is 0.134 e. The van der Waals surface area contributed by atoms with Gasteiger partial charge in [-0.2, -0.15) is 0 Å². The van der Waals surface area contributed by atoms with Gasteiger partial charge in [0.1, 0.15) is 17.3 Å². The molecule has 1 unspecified atom stereocenters. The molecule has 1 aromatic rings. The number of anilines is 1. The molecule has 0 fully saturated rings. The third kappa shape index (κ3) is 3.30. The maximum Gasteiger partial charge on any atom is 0.134 e. The lowest BCUT2D eigenvalue weighted by Gasteiger charge is -2.10. The monoisotopic (exact) mass is 195 g/mol. The van der Waals surface area contributed by atoms with Gasteiger partial charge in [0.05, 0.1) is 0 Å². The first-order valence-electron chi connectivity index (χ1n) is 3.90. The van der Waals surface area contributed by atoms with Crippen LogP contribution in [0, 0.1) is 12.3 Å². The number of aromatic nitrogens is 2. The van der Waals surface area contributed by atoms with Gasteiger partial charge in [-0.25, -0.2) is 9.97 Å². The Morgan fingerprint density at radius 3 is 3.08 bits per heavy atom. The number of rotatable bonds is 3. The molecule has 0 aromatic carbocycles. The van der Waals surface area contributed by atoms with Crippen molar-refractivity contribution in [2.75, 3.05) is 5.32 Å². The quantitative estimate of drug-likeness (QED) is 0.592. The molecular formula is C9H10ClN3. The minimum Gasteiger partial charge on any atom is -0.367 e. The zero-order valence-electron chi connectivity index (χ0n) is 7.29. The van der Waals surface area contributed by atoms with E-state index in [1.807, 2.05) is 6.92 Å². The normalized spacial score (nSPS) is 11.8. The van der Waals surface area contributed by atoms with Crippen molar-refractivity contribution < 1.29 is 0 Å². The van der Waals surface area contributed by atoms with Crippen molar-refractivity contribution in [2.45, 2.75) is 19.4 Å². The van der Waals surface area contributed by atoms with E-state index in [2.05, 4.69) is 21.2 Å². The molecule has 1 N–H and O–H groups in total. The van der Waals surface area contributed by atoms with E-state index < -0.39 is 0 Å². The van der Waals surface area contributed by atoms with Crippen molar-refractivity contribution in [3.8, 4) is 12.3 Å². The summed E-state index contributed by atoms with van der Waals surface area (Å²) in [6, 6.07) is 1.85. The summed E-state index contributed by atoms with van der Waals surface area (Å²) >= 11 is 5.67. The molecule has 1 aromatic heterocycles. The third-order valence-corrected chi connectivity index (χ3v) is 1.66. The van der Waals surface area contributed by atoms with E-state index in [-0.39, 0.29) is 6.04 Å². The maximum absolute atomic E-state index is 5.67. The van der Waals surface area contributed by atoms with Gasteiger partial charge in [-0.1, -0.05) is 11.6 Å². The van der Waals surface area contributed by atoms with Crippen LogP contribution in [0.3, 0.4) is 0 Å². The number of nitrogens with zero attached hydrogens (tertiary/aromatic N) is 2. The molecule has 0 aliphatic rings. The van der Waals surface area contributed by atoms with Crippen LogP contribution >= 0.6 is 11.6 Å². The van der Waals surface area contributed by atoms with Crippen molar-refractivity contribution in [2.24, 2.45) is 0 Å². The SMILES string of the molecule is C#CCC(C)Nc1cc(Cl)ncn1. The Morgan fingerprint density at radius 1 is 1.69 bits per heavy atom. The zero-order valence-corrected chi connectivity index (χ0v) is 8.04. The third-order valence-electron chi connectivity index (χ3n) is 1.45. The minimum absolute atomic E-state index is 0.191. The average Bonchev–Trinajstić information content (AvgIpc) is 2.04.